The van der Waals surface area contributed by atoms with E-state index in [9.17, 15) is 0 Å². The molecule has 0 aromatic rings. The van der Waals surface area contributed by atoms with Crippen molar-refractivity contribution in [2.45, 2.75) is 52.7 Å². The van der Waals surface area contributed by atoms with Crippen molar-refractivity contribution < 1.29 is 9.47 Å². The van der Waals surface area contributed by atoms with Crippen LogP contribution < -0.4 is 0 Å². The Hall–Kier alpha value is -0.840. The number of amidine groups is 1. The van der Waals surface area contributed by atoms with E-state index in [4.69, 9.17) is 32.7 Å². The SMILES string of the molecule is CC/C=C\C(CC)=NC(Cl)=NC(C/C(Cl)=C(\CC)OC)OC. The van der Waals surface area contributed by atoms with Gasteiger partial charge in [-0.15, -0.1) is 0 Å². The third-order valence-electron chi connectivity index (χ3n) is 2.89. The molecule has 0 saturated carbocycles. The number of hydrogen-bond acceptors (Lipinski definition) is 3. The van der Waals surface area contributed by atoms with E-state index in [1.54, 1.807) is 14.2 Å². The number of nitrogens with zero attached hydrogens (tertiary/aromatic N) is 2. The molecule has 0 spiro atoms. The summed E-state index contributed by atoms with van der Waals surface area (Å²) in [6.07, 6.45) is 6.33. The van der Waals surface area contributed by atoms with E-state index in [1.165, 1.54) is 0 Å². The Morgan fingerprint density at radius 3 is 2.27 bits per heavy atom. The topological polar surface area (TPSA) is 43.2 Å². The lowest BCUT2D eigenvalue weighted by Gasteiger charge is -2.12. The lowest BCUT2D eigenvalue weighted by atomic mass is 10.2. The van der Waals surface area contributed by atoms with Crippen molar-refractivity contribution in [1.82, 2.24) is 0 Å². The summed E-state index contributed by atoms with van der Waals surface area (Å²) in [5, 5.41) is 0.736. The van der Waals surface area contributed by atoms with Gasteiger partial charge in [-0.05, 0) is 30.5 Å². The number of allylic oxidation sites excluding steroid dienone is 3. The molecule has 126 valence electrons. The fraction of sp³-hybridized carbons (Fsp3) is 0.625. The van der Waals surface area contributed by atoms with Crippen LogP contribution >= 0.6 is 23.2 Å². The smallest absolute Gasteiger partial charge is 0.220 e. The predicted octanol–water partition coefficient (Wildman–Crippen LogP) is 5.27. The number of ether oxygens (including phenoxy) is 2. The molecule has 0 aliphatic carbocycles. The van der Waals surface area contributed by atoms with Crippen molar-refractivity contribution in [3.8, 4) is 0 Å². The second kappa shape index (κ2) is 12.7. The largest absolute Gasteiger partial charge is 0.500 e. The molecule has 0 heterocycles. The average Bonchev–Trinajstić information content (AvgIpc) is 2.51. The summed E-state index contributed by atoms with van der Waals surface area (Å²) < 4.78 is 10.5. The maximum Gasteiger partial charge on any atom is 0.220 e. The van der Waals surface area contributed by atoms with Gasteiger partial charge >= 0.3 is 0 Å². The highest BCUT2D eigenvalue weighted by molar-refractivity contribution is 6.65. The highest BCUT2D eigenvalue weighted by atomic mass is 35.5. The van der Waals surface area contributed by atoms with Gasteiger partial charge in [-0.1, -0.05) is 38.4 Å². The second-order valence-corrected chi connectivity index (χ2v) is 5.24. The van der Waals surface area contributed by atoms with Gasteiger partial charge in [-0.3, -0.25) is 0 Å². The number of methoxy groups -OCH3 is 2. The molecule has 0 radical (unpaired) electrons. The van der Waals surface area contributed by atoms with E-state index in [0.29, 0.717) is 17.9 Å². The Kier molecular flexibility index (Phi) is 12.2. The molecule has 1 atom stereocenters. The standard InChI is InChI=1S/C16H26Cl2N2O2/c1-6-9-10-12(7-2)19-16(18)20-15(22-5)11-13(17)14(8-3)21-4/h9-10,15H,6-8,11H2,1-5H3/b10-9-,14-13-,19-12?,20-16?. The predicted molar refractivity (Wildman–Crippen MR) is 96.0 cm³/mol. The third-order valence-corrected chi connectivity index (χ3v) is 3.44. The van der Waals surface area contributed by atoms with Crippen LogP contribution in [-0.2, 0) is 9.47 Å². The first-order chi connectivity index (χ1) is 10.5. The van der Waals surface area contributed by atoms with Crippen molar-refractivity contribution in [3.05, 3.63) is 22.9 Å². The van der Waals surface area contributed by atoms with Crippen LogP contribution in [0.15, 0.2) is 32.9 Å². The Labute approximate surface area is 143 Å². The van der Waals surface area contributed by atoms with Gasteiger partial charge in [-0.25, -0.2) is 9.98 Å². The molecule has 0 amide bonds. The van der Waals surface area contributed by atoms with Crippen molar-refractivity contribution >= 4 is 34.2 Å². The van der Waals surface area contributed by atoms with Crippen LogP contribution in [0.5, 0.6) is 0 Å². The maximum absolute atomic E-state index is 6.22. The average molecular weight is 349 g/mol. The van der Waals surface area contributed by atoms with Gasteiger partial charge in [0.05, 0.1) is 12.1 Å². The lowest BCUT2D eigenvalue weighted by molar-refractivity contribution is 0.111. The van der Waals surface area contributed by atoms with Crippen LogP contribution in [0.2, 0.25) is 0 Å². The Morgan fingerprint density at radius 2 is 1.82 bits per heavy atom. The molecule has 1 unspecified atom stereocenters. The van der Waals surface area contributed by atoms with Gasteiger partial charge in [0.2, 0.25) is 5.29 Å². The third kappa shape index (κ3) is 8.57. The van der Waals surface area contributed by atoms with Crippen molar-refractivity contribution in [1.29, 1.82) is 0 Å². The molecule has 6 heteroatoms. The molecule has 22 heavy (non-hydrogen) atoms. The van der Waals surface area contributed by atoms with Crippen LogP contribution in [0.1, 0.15) is 46.5 Å². The molecule has 0 saturated heterocycles. The first kappa shape index (κ1) is 21.2. The number of hydrogen-bond donors (Lipinski definition) is 0. The van der Waals surface area contributed by atoms with E-state index >= 15 is 0 Å². The van der Waals surface area contributed by atoms with Crippen LogP contribution in [-0.4, -0.2) is 31.5 Å². The fourth-order valence-corrected chi connectivity index (χ4v) is 2.21. The minimum Gasteiger partial charge on any atom is -0.500 e. The quantitative estimate of drug-likeness (QED) is 0.246. The summed E-state index contributed by atoms with van der Waals surface area (Å²) in [6.45, 7) is 6.05. The number of halogens is 2. The van der Waals surface area contributed by atoms with Gasteiger partial charge in [-0.2, -0.15) is 0 Å². The van der Waals surface area contributed by atoms with Gasteiger partial charge in [0.25, 0.3) is 0 Å². The van der Waals surface area contributed by atoms with E-state index in [1.807, 2.05) is 26.0 Å². The van der Waals surface area contributed by atoms with E-state index in [-0.39, 0.29) is 5.29 Å². The van der Waals surface area contributed by atoms with Crippen LogP contribution in [0, 0.1) is 0 Å². The van der Waals surface area contributed by atoms with Crippen LogP contribution in [0.4, 0.5) is 0 Å². The molecule has 4 nitrogen and oxygen atoms in total. The minimum absolute atomic E-state index is 0.157. The Bertz CT molecular complexity index is 437. The normalized spacial score (nSPS) is 16.0. The zero-order chi connectivity index (χ0) is 17.0. The van der Waals surface area contributed by atoms with E-state index in [2.05, 4.69) is 16.9 Å². The molecule has 0 aromatic heterocycles. The van der Waals surface area contributed by atoms with Crippen LogP contribution in [0.3, 0.4) is 0 Å². The van der Waals surface area contributed by atoms with Gasteiger partial charge in [0.15, 0.2) is 6.23 Å². The fourth-order valence-electron chi connectivity index (χ4n) is 1.65. The molecule has 0 aliphatic rings. The van der Waals surface area contributed by atoms with Crippen molar-refractivity contribution in [2.24, 2.45) is 9.98 Å². The van der Waals surface area contributed by atoms with E-state index < -0.39 is 6.23 Å². The van der Waals surface area contributed by atoms with Crippen molar-refractivity contribution in [2.75, 3.05) is 14.2 Å². The van der Waals surface area contributed by atoms with Crippen molar-refractivity contribution in [3.63, 3.8) is 0 Å². The summed E-state index contributed by atoms with van der Waals surface area (Å²) >= 11 is 12.3. The second-order valence-electron chi connectivity index (χ2n) is 4.45. The summed E-state index contributed by atoms with van der Waals surface area (Å²) in [4.78, 5) is 8.53. The highest BCUT2D eigenvalue weighted by Gasteiger charge is 2.12. The summed E-state index contributed by atoms with van der Waals surface area (Å²) in [5.41, 5.74) is 0.873. The molecular weight excluding hydrogens is 323 g/mol. The van der Waals surface area contributed by atoms with Gasteiger partial charge < -0.3 is 9.47 Å². The minimum atomic E-state index is -0.492. The molecular formula is C16H26Cl2N2O2. The highest BCUT2D eigenvalue weighted by Crippen LogP contribution is 2.21. The maximum atomic E-state index is 6.22. The Balaban J connectivity index is 5.07. The van der Waals surface area contributed by atoms with Gasteiger partial charge in [0, 0.05) is 25.7 Å². The lowest BCUT2D eigenvalue weighted by Crippen LogP contribution is -2.10. The molecule has 0 rings (SSSR count). The molecule has 0 fully saturated rings. The first-order valence-corrected chi connectivity index (χ1v) is 8.19. The van der Waals surface area contributed by atoms with Gasteiger partial charge in [0.1, 0.15) is 5.76 Å². The zero-order valence-corrected chi connectivity index (χ0v) is 15.5. The van der Waals surface area contributed by atoms with Crippen LogP contribution in [0.25, 0.3) is 0 Å². The van der Waals surface area contributed by atoms with E-state index in [0.717, 1.165) is 24.3 Å². The summed E-state index contributed by atoms with van der Waals surface area (Å²) in [6, 6.07) is 0. The summed E-state index contributed by atoms with van der Waals surface area (Å²) in [7, 11) is 3.15. The molecule has 0 aliphatic heterocycles. The number of rotatable bonds is 9. The molecule has 0 bridgehead atoms. The summed E-state index contributed by atoms with van der Waals surface area (Å²) in [5.74, 6) is 0.721. The molecule has 0 N–H and O–H groups in total. The molecule has 0 aromatic carbocycles. The first-order valence-electron chi connectivity index (χ1n) is 7.43. The monoisotopic (exact) mass is 348 g/mol. The number of aliphatic imine (C=N–C) groups is 2. The zero-order valence-electron chi connectivity index (χ0n) is 14.0. The Morgan fingerprint density at radius 1 is 1.14 bits per heavy atom.